The molecule has 1 aromatic rings. The van der Waals surface area contributed by atoms with Crippen molar-refractivity contribution in [2.75, 3.05) is 24.8 Å². The third kappa shape index (κ3) is 5.40. The first-order chi connectivity index (χ1) is 9.43. The molecule has 0 radical (unpaired) electrons. The highest BCUT2D eigenvalue weighted by Gasteiger charge is 2.16. The molecule has 0 saturated heterocycles. The minimum Gasteiger partial charge on any atom is -0.383 e. The van der Waals surface area contributed by atoms with Crippen molar-refractivity contribution in [3.63, 3.8) is 0 Å². The maximum absolute atomic E-state index is 13.2. The summed E-state index contributed by atoms with van der Waals surface area (Å²) in [6.45, 7) is 0.000654. The van der Waals surface area contributed by atoms with Crippen LogP contribution in [0.4, 0.5) is 18.9 Å². The molecule has 0 aliphatic heterocycles. The van der Waals surface area contributed by atoms with E-state index in [-0.39, 0.29) is 12.3 Å². The maximum atomic E-state index is 13.2. The number of hydrogen-bond acceptors (Lipinski definition) is 4. The average molecular weight is 308 g/mol. The number of nitrogens with one attached hydrogen (secondary N) is 1. The molecule has 3 N–H and O–H groups in total. The predicted octanol–water partition coefficient (Wildman–Crippen LogP) is 2.10. The first-order valence-corrected chi connectivity index (χ1v) is 6.68. The van der Waals surface area contributed by atoms with Crippen molar-refractivity contribution in [1.29, 1.82) is 0 Å². The van der Waals surface area contributed by atoms with Gasteiger partial charge in [-0.05, 0) is 18.2 Å². The van der Waals surface area contributed by atoms with Crippen LogP contribution in [0.5, 0.6) is 0 Å². The Labute approximate surface area is 118 Å². The number of ether oxygens (including phenoxy) is 1. The van der Waals surface area contributed by atoms with E-state index in [4.69, 9.17) is 10.5 Å². The van der Waals surface area contributed by atoms with E-state index in [2.05, 4.69) is 5.32 Å². The first-order valence-electron chi connectivity index (χ1n) is 5.70. The van der Waals surface area contributed by atoms with E-state index in [1.165, 1.54) is 13.2 Å². The van der Waals surface area contributed by atoms with Gasteiger partial charge in [-0.2, -0.15) is 0 Å². The number of amides is 1. The van der Waals surface area contributed by atoms with Crippen molar-refractivity contribution in [3.8, 4) is 0 Å². The summed E-state index contributed by atoms with van der Waals surface area (Å²) in [6.07, 6.45) is -2.50. The SMILES string of the molecule is COCC(N)C(=O)Nc1cc(F)ccc1SCC(F)F. The number of halogens is 3. The molecule has 1 rings (SSSR count). The average Bonchev–Trinajstić information content (AvgIpc) is 2.37. The zero-order valence-electron chi connectivity index (χ0n) is 10.7. The van der Waals surface area contributed by atoms with Gasteiger partial charge in [0.1, 0.15) is 11.9 Å². The van der Waals surface area contributed by atoms with Gasteiger partial charge >= 0.3 is 0 Å². The highest BCUT2D eigenvalue weighted by Crippen LogP contribution is 2.29. The van der Waals surface area contributed by atoms with Gasteiger partial charge in [0.05, 0.1) is 18.0 Å². The van der Waals surface area contributed by atoms with Crippen LogP contribution in [0.25, 0.3) is 0 Å². The summed E-state index contributed by atoms with van der Waals surface area (Å²) >= 11 is 0.827. The molecule has 112 valence electrons. The van der Waals surface area contributed by atoms with E-state index in [1.807, 2.05) is 0 Å². The summed E-state index contributed by atoms with van der Waals surface area (Å²) in [4.78, 5) is 12.1. The Morgan fingerprint density at radius 1 is 1.50 bits per heavy atom. The number of rotatable bonds is 7. The number of hydrogen-bond donors (Lipinski definition) is 2. The van der Waals surface area contributed by atoms with Gasteiger partial charge < -0.3 is 15.8 Å². The van der Waals surface area contributed by atoms with Gasteiger partial charge in [-0.25, -0.2) is 13.2 Å². The number of anilines is 1. The molecule has 4 nitrogen and oxygen atoms in total. The third-order valence-electron chi connectivity index (χ3n) is 2.25. The van der Waals surface area contributed by atoms with E-state index >= 15 is 0 Å². The Kier molecular flexibility index (Phi) is 6.83. The van der Waals surface area contributed by atoms with E-state index in [1.54, 1.807) is 0 Å². The van der Waals surface area contributed by atoms with Crippen molar-refractivity contribution < 1.29 is 22.7 Å². The van der Waals surface area contributed by atoms with Crippen LogP contribution in [-0.2, 0) is 9.53 Å². The highest BCUT2D eigenvalue weighted by atomic mass is 32.2. The first kappa shape index (κ1) is 16.8. The Morgan fingerprint density at radius 2 is 2.20 bits per heavy atom. The third-order valence-corrected chi connectivity index (χ3v) is 3.33. The molecule has 0 bridgehead atoms. The minimum atomic E-state index is -2.50. The van der Waals surface area contributed by atoms with E-state index < -0.39 is 29.9 Å². The van der Waals surface area contributed by atoms with E-state index in [9.17, 15) is 18.0 Å². The van der Waals surface area contributed by atoms with Gasteiger partial charge in [-0.15, -0.1) is 11.8 Å². The number of thioether (sulfide) groups is 1. The van der Waals surface area contributed by atoms with Crippen LogP contribution in [0.3, 0.4) is 0 Å². The van der Waals surface area contributed by atoms with Gasteiger partial charge in [-0.3, -0.25) is 4.79 Å². The number of methoxy groups -OCH3 is 1. The Hall–Kier alpha value is -1.25. The number of benzene rings is 1. The van der Waals surface area contributed by atoms with Crippen LogP contribution in [0.2, 0.25) is 0 Å². The van der Waals surface area contributed by atoms with E-state index in [0.717, 1.165) is 23.9 Å². The lowest BCUT2D eigenvalue weighted by molar-refractivity contribution is -0.118. The normalized spacial score (nSPS) is 12.5. The lowest BCUT2D eigenvalue weighted by Gasteiger charge is -2.14. The molecular formula is C12H15F3N2O2S. The topological polar surface area (TPSA) is 64.3 Å². The van der Waals surface area contributed by atoms with Gasteiger partial charge in [0.25, 0.3) is 0 Å². The summed E-state index contributed by atoms with van der Waals surface area (Å²) in [5, 5.41) is 2.41. The molecule has 0 saturated carbocycles. The fourth-order valence-electron chi connectivity index (χ4n) is 1.36. The molecule has 8 heteroatoms. The molecule has 0 fully saturated rings. The van der Waals surface area contributed by atoms with Crippen molar-refractivity contribution in [3.05, 3.63) is 24.0 Å². The molecule has 20 heavy (non-hydrogen) atoms. The Bertz CT molecular complexity index is 460. The number of carbonyl (C=O) groups is 1. The fraction of sp³-hybridized carbons (Fsp3) is 0.417. The largest absolute Gasteiger partial charge is 0.383 e. The number of carbonyl (C=O) groups excluding carboxylic acids is 1. The van der Waals surface area contributed by atoms with Crippen molar-refractivity contribution >= 4 is 23.4 Å². The predicted molar refractivity (Wildman–Crippen MR) is 71.6 cm³/mol. The molecular weight excluding hydrogens is 293 g/mol. The van der Waals surface area contributed by atoms with Crippen LogP contribution >= 0.6 is 11.8 Å². The summed E-state index contributed by atoms with van der Waals surface area (Å²) < 4.78 is 42.3. The van der Waals surface area contributed by atoms with Gasteiger partial charge in [0.2, 0.25) is 12.3 Å². The van der Waals surface area contributed by atoms with Crippen LogP contribution < -0.4 is 11.1 Å². The number of alkyl halides is 2. The molecule has 0 aromatic heterocycles. The Morgan fingerprint density at radius 3 is 2.80 bits per heavy atom. The molecule has 0 spiro atoms. The van der Waals surface area contributed by atoms with Gasteiger partial charge in [-0.1, -0.05) is 0 Å². The lowest BCUT2D eigenvalue weighted by atomic mass is 10.2. The zero-order valence-corrected chi connectivity index (χ0v) is 11.6. The second-order valence-electron chi connectivity index (χ2n) is 3.89. The minimum absolute atomic E-state index is 0.000654. The number of nitrogens with two attached hydrogens (primary N) is 1. The lowest BCUT2D eigenvalue weighted by Crippen LogP contribution is -2.39. The van der Waals surface area contributed by atoms with Gasteiger partial charge in [0, 0.05) is 12.0 Å². The molecule has 1 unspecified atom stereocenters. The van der Waals surface area contributed by atoms with Crippen molar-refractivity contribution in [1.82, 2.24) is 0 Å². The quantitative estimate of drug-likeness (QED) is 0.757. The van der Waals surface area contributed by atoms with Crippen LogP contribution in [0.15, 0.2) is 23.1 Å². The van der Waals surface area contributed by atoms with Crippen LogP contribution in [0.1, 0.15) is 0 Å². The maximum Gasteiger partial charge on any atom is 0.247 e. The second-order valence-corrected chi connectivity index (χ2v) is 4.96. The van der Waals surface area contributed by atoms with Crippen LogP contribution in [-0.4, -0.2) is 37.8 Å². The van der Waals surface area contributed by atoms with Crippen LogP contribution in [0, 0.1) is 5.82 Å². The van der Waals surface area contributed by atoms with Crippen molar-refractivity contribution in [2.45, 2.75) is 17.4 Å². The van der Waals surface area contributed by atoms with E-state index in [0.29, 0.717) is 4.90 Å². The molecule has 0 heterocycles. The fourth-order valence-corrected chi connectivity index (χ4v) is 2.09. The highest BCUT2D eigenvalue weighted by molar-refractivity contribution is 7.99. The second kappa shape index (κ2) is 8.13. The summed E-state index contributed by atoms with van der Waals surface area (Å²) in [7, 11) is 1.39. The molecule has 0 aliphatic carbocycles. The zero-order chi connectivity index (χ0) is 15.1. The standard InChI is InChI=1S/C12H15F3N2O2S/c1-19-5-8(16)12(18)17-9-4-7(13)2-3-10(9)20-6-11(14)15/h2-4,8,11H,5-6,16H2,1H3,(H,17,18). The molecule has 1 aromatic carbocycles. The summed E-state index contributed by atoms with van der Waals surface area (Å²) in [6, 6.07) is 2.61. The van der Waals surface area contributed by atoms with Gasteiger partial charge in [0.15, 0.2) is 0 Å². The smallest absolute Gasteiger partial charge is 0.247 e. The molecule has 1 atom stereocenters. The monoisotopic (exact) mass is 308 g/mol. The Balaban J connectivity index is 2.81. The summed E-state index contributed by atoms with van der Waals surface area (Å²) in [5.41, 5.74) is 5.65. The summed E-state index contributed by atoms with van der Waals surface area (Å²) in [5.74, 6) is -1.60. The molecule has 1 amide bonds. The van der Waals surface area contributed by atoms with Crippen molar-refractivity contribution in [2.24, 2.45) is 5.73 Å². The molecule has 0 aliphatic rings.